The highest BCUT2D eigenvalue weighted by molar-refractivity contribution is 5.56. The molecule has 0 spiro atoms. The Kier molecular flexibility index (Phi) is 11.0. The molecule has 29 heavy (non-hydrogen) atoms. The summed E-state index contributed by atoms with van der Waals surface area (Å²) in [6.07, 6.45) is 19.3. The van der Waals surface area contributed by atoms with Gasteiger partial charge in [-0.2, -0.15) is 0 Å². The van der Waals surface area contributed by atoms with Gasteiger partial charge in [-0.3, -0.25) is 0 Å². The van der Waals surface area contributed by atoms with Gasteiger partial charge in [-0.25, -0.2) is 19.9 Å². The van der Waals surface area contributed by atoms with Crippen molar-refractivity contribution in [1.29, 1.82) is 0 Å². The summed E-state index contributed by atoms with van der Waals surface area (Å²) >= 11 is 0. The molecule has 0 amide bonds. The number of nitrogens with one attached hydrogen (secondary N) is 1. The number of hydrogen-bond acceptors (Lipinski definition) is 6. The van der Waals surface area contributed by atoms with E-state index >= 15 is 0 Å². The fraction of sp³-hybridized carbons (Fsp3) is 0.652. The Hall–Kier alpha value is -2.24. The van der Waals surface area contributed by atoms with Crippen LogP contribution in [0.1, 0.15) is 84.4 Å². The van der Waals surface area contributed by atoms with Gasteiger partial charge < -0.3 is 10.2 Å². The predicted molar refractivity (Wildman–Crippen MR) is 122 cm³/mol. The molecule has 0 aliphatic rings. The number of anilines is 3. The molecule has 160 valence electrons. The topological polar surface area (TPSA) is 66.8 Å². The van der Waals surface area contributed by atoms with Crippen LogP contribution in [-0.2, 0) is 6.42 Å². The van der Waals surface area contributed by atoms with Crippen LogP contribution in [-0.4, -0.2) is 33.0 Å². The summed E-state index contributed by atoms with van der Waals surface area (Å²) in [5.41, 5.74) is 1.72. The number of rotatable bonds is 15. The normalized spacial score (nSPS) is 10.9. The Balaban J connectivity index is 1.86. The minimum Gasteiger partial charge on any atom is -0.350 e. The Labute approximate surface area is 176 Å². The Bertz CT molecular complexity index is 648. The standard InChI is InChI=1S/C23H38N6/c1-4-7-10-11-12-13-22-24-16-20(17-25-22)28-21-18-26-23(27-19-21)29(14-8-5-2)15-9-6-3/h16-19,28H,4-15H2,1-3H3. The van der Waals surface area contributed by atoms with Crippen molar-refractivity contribution in [1.82, 2.24) is 19.9 Å². The SMILES string of the molecule is CCCCCCCc1ncc(Nc2cnc(N(CCCC)CCCC)nc2)cn1. The first-order valence-electron chi connectivity index (χ1n) is 11.4. The molecule has 2 aromatic heterocycles. The fourth-order valence-electron chi connectivity index (χ4n) is 3.16. The predicted octanol–water partition coefficient (Wildman–Crippen LogP) is 5.93. The monoisotopic (exact) mass is 398 g/mol. The van der Waals surface area contributed by atoms with E-state index in [0.717, 1.165) is 61.9 Å². The summed E-state index contributed by atoms with van der Waals surface area (Å²) in [6, 6.07) is 0. The zero-order valence-electron chi connectivity index (χ0n) is 18.5. The van der Waals surface area contributed by atoms with E-state index in [2.05, 4.69) is 50.9 Å². The van der Waals surface area contributed by atoms with Gasteiger partial charge in [0, 0.05) is 19.5 Å². The largest absolute Gasteiger partial charge is 0.350 e. The van der Waals surface area contributed by atoms with E-state index in [1.807, 2.05) is 24.8 Å². The van der Waals surface area contributed by atoms with E-state index in [1.165, 1.54) is 38.5 Å². The summed E-state index contributed by atoms with van der Waals surface area (Å²) in [7, 11) is 0. The summed E-state index contributed by atoms with van der Waals surface area (Å²) in [4.78, 5) is 20.4. The number of hydrogen-bond donors (Lipinski definition) is 1. The molecule has 6 heteroatoms. The summed E-state index contributed by atoms with van der Waals surface area (Å²) in [6.45, 7) is 8.69. The maximum atomic E-state index is 4.58. The molecule has 0 radical (unpaired) electrons. The summed E-state index contributed by atoms with van der Waals surface area (Å²) in [5, 5.41) is 3.30. The van der Waals surface area contributed by atoms with Crippen molar-refractivity contribution in [3.05, 3.63) is 30.6 Å². The van der Waals surface area contributed by atoms with E-state index in [4.69, 9.17) is 0 Å². The molecule has 0 atom stereocenters. The molecule has 0 fully saturated rings. The van der Waals surface area contributed by atoms with Gasteiger partial charge in [0.05, 0.1) is 36.2 Å². The third-order valence-electron chi connectivity index (χ3n) is 4.98. The van der Waals surface area contributed by atoms with E-state index < -0.39 is 0 Å². The molecule has 2 heterocycles. The first kappa shape index (κ1) is 23.0. The average molecular weight is 399 g/mol. The first-order valence-corrected chi connectivity index (χ1v) is 11.4. The van der Waals surface area contributed by atoms with Crippen LogP contribution in [0.5, 0.6) is 0 Å². The Morgan fingerprint density at radius 2 is 1.17 bits per heavy atom. The van der Waals surface area contributed by atoms with Crippen LogP contribution in [0.25, 0.3) is 0 Å². The van der Waals surface area contributed by atoms with Crippen LogP contribution in [0.4, 0.5) is 17.3 Å². The van der Waals surface area contributed by atoms with Crippen molar-refractivity contribution in [3.63, 3.8) is 0 Å². The first-order chi connectivity index (χ1) is 14.3. The molecular weight excluding hydrogens is 360 g/mol. The second-order valence-electron chi connectivity index (χ2n) is 7.64. The maximum Gasteiger partial charge on any atom is 0.225 e. The molecule has 0 unspecified atom stereocenters. The smallest absolute Gasteiger partial charge is 0.225 e. The summed E-state index contributed by atoms with van der Waals surface area (Å²) in [5.74, 6) is 1.73. The minimum absolute atomic E-state index is 0.812. The molecule has 1 N–H and O–H groups in total. The van der Waals surface area contributed by atoms with Crippen LogP contribution < -0.4 is 10.2 Å². The van der Waals surface area contributed by atoms with Crippen molar-refractivity contribution in [3.8, 4) is 0 Å². The van der Waals surface area contributed by atoms with Gasteiger partial charge in [0.1, 0.15) is 5.82 Å². The van der Waals surface area contributed by atoms with E-state index in [1.54, 1.807) is 0 Å². The number of aryl methyl sites for hydroxylation is 1. The van der Waals surface area contributed by atoms with Crippen LogP contribution in [0.3, 0.4) is 0 Å². The molecule has 0 aromatic carbocycles. The van der Waals surface area contributed by atoms with Crippen molar-refractivity contribution < 1.29 is 0 Å². The lowest BCUT2D eigenvalue weighted by atomic mass is 10.1. The van der Waals surface area contributed by atoms with Gasteiger partial charge >= 0.3 is 0 Å². The quantitative estimate of drug-likeness (QED) is 0.375. The van der Waals surface area contributed by atoms with Crippen molar-refractivity contribution in [2.24, 2.45) is 0 Å². The van der Waals surface area contributed by atoms with E-state index in [9.17, 15) is 0 Å². The van der Waals surface area contributed by atoms with Crippen molar-refractivity contribution >= 4 is 17.3 Å². The zero-order valence-corrected chi connectivity index (χ0v) is 18.5. The number of aromatic nitrogens is 4. The molecule has 0 aliphatic heterocycles. The third kappa shape index (κ3) is 8.75. The molecule has 0 saturated carbocycles. The highest BCUT2D eigenvalue weighted by Crippen LogP contribution is 2.16. The van der Waals surface area contributed by atoms with Crippen LogP contribution in [0.2, 0.25) is 0 Å². The Morgan fingerprint density at radius 3 is 1.72 bits per heavy atom. The molecule has 2 aromatic rings. The second kappa shape index (κ2) is 13.9. The summed E-state index contributed by atoms with van der Waals surface area (Å²) < 4.78 is 0. The minimum atomic E-state index is 0.812. The molecule has 0 bridgehead atoms. The van der Waals surface area contributed by atoms with Gasteiger partial charge in [0.2, 0.25) is 5.95 Å². The third-order valence-corrected chi connectivity index (χ3v) is 4.98. The molecule has 0 saturated heterocycles. The highest BCUT2D eigenvalue weighted by Gasteiger charge is 2.09. The van der Waals surface area contributed by atoms with Gasteiger partial charge in [0.25, 0.3) is 0 Å². The fourth-order valence-corrected chi connectivity index (χ4v) is 3.16. The van der Waals surface area contributed by atoms with Crippen LogP contribution in [0.15, 0.2) is 24.8 Å². The highest BCUT2D eigenvalue weighted by atomic mass is 15.2. The zero-order chi connectivity index (χ0) is 20.7. The second-order valence-corrected chi connectivity index (χ2v) is 7.64. The maximum absolute atomic E-state index is 4.58. The Morgan fingerprint density at radius 1 is 0.655 bits per heavy atom. The van der Waals surface area contributed by atoms with E-state index in [-0.39, 0.29) is 0 Å². The lowest BCUT2D eigenvalue weighted by Gasteiger charge is -2.22. The molecule has 0 aliphatic carbocycles. The lowest BCUT2D eigenvalue weighted by Crippen LogP contribution is -2.27. The van der Waals surface area contributed by atoms with E-state index in [0.29, 0.717) is 0 Å². The molecule has 2 rings (SSSR count). The van der Waals surface area contributed by atoms with Crippen molar-refractivity contribution in [2.45, 2.75) is 85.0 Å². The van der Waals surface area contributed by atoms with Gasteiger partial charge in [-0.1, -0.05) is 59.3 Å². The van der Waals surface area contributed by atoms with Crippen molar-refractivity contribution in [2.75, 3.05) is 23.3 Å². The number of nitrogens with zero attached hydrogens (tertiary/aromatic N) is 5. The van der Waals surface area contributed by atoms with Crippen LogP contribution >= 0.6 is 0 Å². The van der Waals surface area contributed by atoms with Gasteiger partial charge in [-0.15, -0.1) is 0 Å². The number of unbranched alkanes of at least 4 members (excludes halogenated alkanes) is 6. The molecule has 6 nitrogen and oxygen atoms in total. The van der Waals surface area contributed by atoms with Crippen LogP contribution in [0, 0.1) is 0 Å². The van der Waals surface area contributed by atoms with Gasteiger partial charge in [-0.05, 0) is 19.3 Å². The lowest BCUT2D eigenvalue weighted by molar-refractivity contribution is 0.622. The average Bonchev–Trinajstić information content (AvgIpc) is 2.76. The molecular formula is C23H38N6. The van der Waals surface area contributed by atoms with Gasteiger partial charge in [0.15, 0.2) is 0 Å².